The smallest absolute Gasteiger partial charge is 0.408 e. The van der Waals surface area contributed by atoms with E-state index in [1.807, 2.05) is 63.2 Å². The molecule has 1 fully saturated rings. The molecule has 0 aliphatic heterocycles. The fraction of sp³-hybridized carbons (Fsp3) is 0.462. The average molecular weight is 519 g/mol. The summed E-state index contributed by atoms with van der Waals surface area (Å²) in [6.45, 7) is 5.89. The van der Waals surface area contributed by atoms with Crippen LogP contribution in [0.25, 0.3) is 0 Å². The molecule has 0 heterocycles. The van der Waals surface area contributed by atoms with E-state index in [0.29, 0.717) is 12.2 Å². The van der Waals surface area contributed by atoms with Gasteiger partial charge in [-0.3, -0.25) is 9.35 Å². The third-order valence-electron chi connectivity index (χ3n) is 5.76. The molecule has 2 aromatic carbocycles. The molecule has 0 aromatic heterocycles. The number of amides is 2. The van der Waals surface area contributed by atoms with Gasteiger partial charge in [0.1, 0.15) is 24.0 Å². The van der Waals surface area contributed by atoms with Crippen LogP contribution in [-0.2, 0) is 32.7 Å². The van der Waals surface area contributed by atoms with Gasteiger partial charge in [0.2, 0.25) is 5.91 Å². The molecule has 1 saturated carbocycles. The molecule has 10 heteroatoms. The highest BCUT2D eigenvalue weighted by Crippen LogP contribution is 2.25. The predicted octanol–water partition coefficient (Wildman–Crippen LogP) is 3.63. The van der Waals surface area contributed by atoms with Gasteiger partial charge in [-0.15, -0.1) is 0 Å². The Morgan fingerprint density at radius 3 is 2.28 bits per heavy atom. The first-order valence-corrected chi connectivity index (χ1v) is 13.4. The van der Waals surface area contributed by atoms with Crippen LogP contribution in [0.5, 0.6) is 5.75 Å². The third-order valence-corrected chi connectivity index (χ3v) is 7.03. The monoisotopic (exact) mass is 518 g/mol. The Morgan fingerprint density at radius 1 is 1.03 bits per heavy atom. The molecule has 0 bridgehead atoms. The molecular formula is C26H34N2O7S. The highest BCUT2D eigenvalue weighted by molar-refractivity contribution is 7.86. The zero-order valence-electron chi connectivity index (χ0n) is 20.8. The quantitative estimate of drug-likeness (QED) is 0.432. The van der Waals surface area contributed by atoms with Crippen molar-refractivity contribution in [1.29, 1.82) is 0 Å². The molecular weight excluding hydrogens is 484 g/mol. The zero-order valence-corrected chi connectivity index (χ0v) is 21.6. The second-order valence-corrected chi connectivity index (χ2v) is 11.7. The Balaban J connectivity index is 1.66. The first-order chi connectivity index (χ1) is 16.9. The molecule has 3 atom stereocenters. The fourth-order valence-corrected chi connectivity index (χ4v) is 4.95. The normalized spacial score (nSPS) is 18.8. The topological polar surface area (TPSA) is 131 Å². The van der Waals surface area contributed by atoms with Crippen LogP contribution in [0.3, 0.4) is 0 Å². The van der Waals surface area contributed by atoms with E-state index in [0.717, 1.165) is 11.1 Å². The molecule has 1 aliphatic carbocycles. The van der Waals surface area contributed by atoms with E-state index in [1.165, 1.54) is 0 Å². The van der Waals surface area contributed by atoms with Crippen LogP contribution in [0.1, 0.15) is 51.2 Å². The van der Waals surface area contributed by atoms with Crippen LogP contribution in [-0.4, -0.2) is 47.9 Å². The Kier molecular flexibility index (Phi) is 8.97. The van der Waals surface area contributed by atoms with Crippen molar-refractivity contribution < 1.29 is 32.0 Å². The first-order valence-electron chi connectivity index (χ1n) is 11.9. The van der Waals surface area contributed by atoms with E-state index < -0.39 is 39.5 Å². The Bertz CT molecular complexity index is 1130. The van der Waals surface area contributed by atoms with Gasteiger partial charge in [-0.05, 0) is 63.3 Å². The summed E-state index contributed by atoms with van der Waals surface area (Å²) in [5.41, 5.74) is 1.25. The molecule has 2 aromatic rings. The van der Waals surface area contributed by atoms with Crippen LogP contribution in [0.4, 0.5) is 4.79 Å². The van der Waals surface area contributed by atoms with Crippen molar-refractivity contribution in [3.63, 3.8) is 0 Å². The van der Waals surface area contributed by atoms with Crippen molar-refractivity contribution in [1.82, 2.24) is 10.6 Å². The fourth-order valence-electron chi connectivity index (χ4n) is 4.04. The minimum Gasteiger partial charge on any atom is -0.488 e. The number of hydrogen-bond donors (Lipinski definition) is 3. The second kappa shape index (κ2) is 11.7. The van der Waals surface area contributed by atoms with Crippen molar-refractivity contribution in [3.8, 4) is 5.75 Å². The lowest BCUT2D eigenvalue weighted by atomic mass is 10.0. The van der Waals surface area contributed by atoms with E-state index in [-0.39, 0.29) is 31.5 Å². The Hall–Kier alpha value is -3.11. The van der Waals surface area contributed by atoms with Gasteiger partial charge in [0.25, 0.3) is 10.1 Å². The second-order valence-electron chi connectivity index (χ2n) is 9.98. The number of carbonyl (C=O) groups is 2. The molecule has 3 rings (SSSR count). The first kappa shape index (κ1) is 27.5. The summed E-state index contributed by atoms with van der Waals surface area (Å²) in [7, 11) is -4.16. The number of carbonyl (C=O) groups excluding carboxylic acids is 2. The van der Waals surface area contributed by atoms with Crippen molar-refractivity contribution in [2.75, 3.05) is 0 Å². The maximum atomic E-state index is 13.1. The largest absolute Gasteiger partial charge is 0.488 e. The molecule has 0 saturated heterocycles. The molecule has 196 valence electrons. The maximum absolute atomic E-state index is 13.1. The number of ether oxygens (including phenoxy) is 2. The maximum Gasteiger partial charge on any atom is 0.408 e. The highest BCUT2D eigenvalue weighted by Gasteiger charge is 2.35. The van der Waals surface area contributed by atoms with Crippen LogP contribution in [0.2, 0.25) is 0 Å². The van der Waals surface area contributed by atoms with Gasteiger partial charge in [0.05, 0.1) is 5.25 Å². The standard InChI is InChI=1S/C26H34N2O7S/c1-26(2,3)35-21-12-9-18(10-13-21)15-23(28-25(30)34-17-19-7-5-4-6-8-19)24(29)27-20-11-14-22(16-20)36(31,32)33/h4-10,12-13,20,22-23H,11,14-17H2,1-3H3,(H,27,29)(H,28,30)(H,31,32,33)/t20?,22?,23-/m0/s1. The van der Waals surface area contributed by atoms with Crippen molar-refractivity contribution >= 4 is 22.1 Å². The molecule has 3 N–H and O–H groups in total. The zero-order chi connectivity index (χ0) is 26.3. The summed E-state index contributed by atoms with van der Waals surface area (Å²) in [5, 5.41) is 4.54. The summed E-state index contributed by atoms with van der Waals surface area (Å²) in [4.78, 5) is 25.6. The summed E-state index contributed by atoms with van der Waals surface area (Å²) in [6, 6.07) is 15.1. The van der Waals surface area contributed by atoms with Gasteiger partial charge in [-0.1, -0.05) is 42.5 Å². The lowest BCUT2D eigenvalue weighted by molar-refractivity contribution is -0.123. The Morgan fingerprint density at radius 2 is 1.69 bits per heavy atom. The van der Waals surface area contributed by atoms with Crippen LogP contribution >= 0.6 is 0 Å². The lowest BCUT2D eigenvalue weighted by Crippen LogP contribution is -2.50. The van der Waals surface area contributed by atoms with E-state index in [1.54, 1.807) is 12.1 Å². The van der Waals surface area contributed by atoms with Crippen molar-refractivity contribution in [2.24, 2.45) is 0 Å². The molecule has 36 heavy (non-hydrogen) atoms. The minimum atomic E-state index is -4.16. The van der Waals surface area contributed by atoms with Gasteiger partial charge in [0, 0.05) is 12.5 Å². The van der Waals surface area contributed by atoms with Gasteiger partial charge in [0.15, 0.2) is 0 Å². The summed E-state index contributed by atoms with van der Waals surface area (Å²) in [5.74, 6) is 0.229. The number of hydrogen-bond acceptors (Lipinski definition) is 6. The lowest BCUT2D eigenvalue weighted by Gasteiger charge is -2.22. The average Bonchev–Trinajstić information content (AvgIpc) is 3.27. The minimum absolute atomic E-state index is 0.0541. The molecule has 0 radical (unpaired) electrons. The molecule has 1 aliphatic rings. The number of alkyl carbamates (subject to hydrolysis) is 1. The molecule has 2 amide bonds. The van der Waals surface area contributed by atoms with E-state index in [2.05, 4.69) is 10.6 Å². The molecule has 0 spiro atoms. The van der Waals surface area contributed by atoms with E-state index in [9.17, 15) is 22.6 Å². The highest BCUT2D eigenvalue weighted by atomic mass is 32.2. The number of nitrogens with one attached hydrogen (secondary N) is 2. The number of rotatable bonds is 9. The van der Waals surface area contributed by atoms with Gasteiger partial charge in [-0.2, -0.15) is 8.42 Å². The van der Waals surface area contributed by atoms with Crippen LogP contribution < -0.4 is 15.4 Å². The summed E-state index contributed by atoms with van der Waals surface area (Å²) >= 11 is 0. The Labute approximate surface area is 212 Å². The number of benzene rings is 2. The summed E-state index contributed by atoms with van der Waals surface area (Å²) in [6.07, 6.45) is 0.246. The molecule has 2 unspecified atom stereocenters. The van der Waals surface area contributed by atoms with Gasteiger partial charge < -0.3 is 20.1 Å². The molecule has 9 nitrogen and oxygen atoms in total. The third kappa shape index (κ3) is 8.83. The van der Waals surface area contributed by atoms with Crippen molar-refractivity contribution in [2.45, 2.75) is 76.0 Å². The SMILES string of the molecule is CC(C)(C)Oc1ccc(C[C@H](NC(=O)OCc2ccccc2)C(=O)NC2CCC(S(=O)(=O)O)C2)cc1. The van der Waals surface area contributed by atoms with Gasteiger partial charge >= 0.3 is 6.09 Å². The van der Waals surface area contributed by atoms with E-state index in [4.69, 9.17) is 9.47 Å². The van der Waals surface area contributed by atoms with E-state index >= 15 is 0 Å². The van der Waals surface area contributed by atoms with Crippen LogP contribution in [0.15, 0.2) is 54.6 Å². The van der Waals surface area contributed by atoms with Crippen LogP contribution in [0, 0.1) is 0 Å². The predicted molar refractivity (Wildman–Crippen MR) is 135 cm³/mol. The van der Waals surface area contributed by atoms with Crippen molar-refractivity contribution in [3.05, 3.63) is 65.7 Å². The summed E-state index contributed by atoms with van der Waals surface area (Å²) < 4.78 is 43.3. The van der Waals surface area contributed by atoms with Gasteiger partial charge in [-0.25, -0.2) is 4.79 Å².